The van der Waals surface area contributed by atoms with Crippen LogP contribution in [0.15, 0.2) is 42.5 Å². The first kappa shape index (κ1) is 19.5. The third-order valence-electron chi connectivity index (χ3n) is 4.18. The fourth-order valence-electron chi connectivity index (χ4n) is 2.91. The lowest BCUT2D eigenvalue weighted by Gasteiger charge is -2.24. The average molecular weight is 355 g/mol. The van der Waals surface area contributed by atoms with Gasteiger partial charge in [0.15, 0.2) is 5.78 Å². The normalized spacial score (nSPS) is 10.4. The number of rotatable bonds is 9. The summed E-state index contributed by atoms with van der Waals surface area (Å²) in [7, 11) is 1.55. The number of carbonyl (C=O) groups excluding carboxylic acids is 1. The zero-order chi connectivity index (χ0) is 19.1. The molecule has 138 valence electrons. The van der Waals surface area contributed by atoms with Gasteiger partial charge in [-0.2, -0.15) is 0 Å². The van der Waals surface area contributed by atoms with Gasteiger partial charge >= 0.3 is 5.97 Å². The fraction of sp³-hybridized carbons (Fsp3) is 0.333. The number of aromatic carboxylic acids is 1. The second kappa shape index (κ2) is 9.04. The first-order chi connectivity index (χ1) is 12.5. The zero-order valence-corrected chi connectivity index (χ0v) is 15.5. The molecule has 0 bridgehead atoms. The smallest absolute Gasteiger partial charge is 0.336 e. The van der Waals surface area contributed by atoms with E-state index in [1.165, 1.54) is 6.07 Å². The van der Waals surface area contributed by atoms with Crippen molar-refractivity contribution < 1.29 is 19.4 Å². The van der Waals surface area contributed by atoms with Crippen molar-refractivity contribution in [3.05, 3.63) is 59.2 Å². The van der Waals surface area contributed by atoms with Crippen LogP contribution >= 0.6 is 0 Å². The summed E-state index contributed by atoms with van der Waals surface area (Å²) in [6.45, 7) is 5.91. The summed E-state index contributed by atoms with van der Waals surface area (Å²) in [4.78, 5) is 26.7. The van der Waals surface area contributed by atoms with E-state index >= 15 is 0 Å². The zero-order valence-electron chi connectivity index (χ0n) is 15.5. The topological polar surface area (TPSA) is 66.8 Å². The van der Waals surface area contributed by atoms with Crippen LogP contribution in [0, 0.1) is 0 Å². The van der Waals surface area contributed by atoms with Gasteiger partial charge < -0.3 is 14.7 Å². The summed E-state index contributed by atoms with van der Waals surface area (Å²) in [5.74, 6) is -0.767. The van der Waals surface area contributed by atoms with Gasteiger partial charge in [0.2, 0.25) is 0 Å². The largest absolute Gasteiger partial charge is 0.497 e. The molecule has 0 radical (unpaired) electrons. The van der Waals surface area contributed by atoms with E-state index in [1.54, 1.807) is 43.5 Å². The van der Waals surface area contributed by atoms with E-state index in [1.807, 2.05) is 0 Å². The Kier molecular flexibility index (Phi) is 6.78. The van der Waals surface area contributed by atoms with Crippen LogP contribution in [-0.2, 0) is 0 Å². The molecule has 0 heterocycles. The predicted molar refractivity (Wildman–Crippen MR) is 103 cm³/mol. The molecule has 1 N–H and O–H groups in total. The summed E-state index contributed by atoms with van der Waals surface area (Å²) in [6.07, 6.45) is 1.95. The van der Waals surface area contributed by atoms with E-state index in [0.717, 1.165) is 31.6 Å². The van der Waals surface area contributed by atoms with Gasteiger partial charge in [-0.15, -0.1) is 0 Å². The van der Waals surface area contributed by atoms with Crippen LogP contribution in [-0.4, -0.2) is 37.1 Å². The van der Waals surface area contributed by atoms with Crippen molar-refractivity contribution in [3.8, 4) is 5.75 Å². The monoisotopic (exact) mass is 355 g/mol. The molecule has 0 aliphatic rings. The molecule has 2 rings (SSSR count). The number of carboxylic acids is 1. The Labute approximate surface area is 154 Å². The summed E-state index contributed by atoms with van der Waals surface area (Å²) in [5.41, 5.74) is 1.53. The molecule has 0 aromatic heterocycles. The van der Waals surface area contributed by atoms with E-state index in [2.05, 4.69) is 18.7 Å². The van der Waals surface area contributed by atoms with Gasteiger partial charge in [-0.3, -0.25) is 4.79 Å². The highest BCUT2D eigenvalue weighted by Gasteiger charge is 2.20. The van der Waals surface area contributed by atoms with Crippen molar-refractivity contribution in [1.82, 2.24) is 0 Å². The Morgan fingerprint density at radius 2 is 1.58 bits per heavy atom. The van der Waals surface area contributed by atoms with Crippen molar-refractivity contribution in [3.63, 3.8) is 0 Å². The summed E-state index contributed by atoms with van der Waals surface area (Å²) in [5, 5.41) is 9.49. The lowest BCUT2D eigenvalue weighted by molar-refractivity contribution is 0.0693. The Morgan fingerprint density at radius 3 is 2.08 bits per heavy atom. The van der Waals surface area contributed by atoms with Crippen LogP contribution in [0.1, 0.15) is 53.0 Å². The summed E-state index contributed by atoms with van der Waals surface area (Å²) in [6, 6.07) is 11.7. The van der Waals surface area contributed by atoms with Crippen LogP contribution < -0.4 is 9.64 Å². The average Bonchev–Trinajstić information content (AvgIpc) is 2.66. The Hall–Kier alpha value is -2.82. The maximum atomic E-state index is 12.9. The molecule has 0 saturated carbocycles. The van der Waals surface area contributed by atoms with Crippen LogP contribution in [0.25, 0.3) is 0 Å². The number of carbonyl (C=O) groups is 2. The van der Waals surface area contributed by atoms with Gasteiger partial charge in [0.05, 0.1) is 12.7 Å². The highest BCUT2D eigenvalue weighted by molar-refractivity contribution is 6.14. The Balaban J connectivity index is 2.47. The van der Waals surface area contributed by atoms with Crippen LogP contribution in [0.4, 0.5) is 5.69 Å². The van der Waals surface area contributed by atoms with E-state index in [-0.39, 0.29) is 16.9 Å². The van der Waals surface area contributed by atoms with Crippen molar-refractivity contribution in [2.75, 3.05) is 25.1 Å². The van der Waals surface area contributed by atoms with Gasteiger partial charge in [-0.05, 0) is 55.3 Å². The Bertz CT molecular complexity index is 762. The maximum absolute atomic E-state index is 12.9. The lowest BCUT2D eigenvalue weighted by Crippen LogP contribution is -2.25. The molecule has 2 aromatic rings. The van der Waals surface area contributed by atoms with Gasteiger partial charge in [0.1, 0.15) is 5.75 Å². The number of hydrogen-bond donors (Lipinski definition) is 1. The van der Waals surface area contributed by atoms with Crippen molar-refractivity contribution >= 4 is 17.4 Å². The van der Waals surface area contributed by atoms with E-state index < -0.39 is 5.97 Å². The van der Waals surface area contributed by atoms with Crippen molar-refractivity contribution in [1.29, 1.82) is 0 Å². The van der Waals surface area contributed by atoms with Crippen molar-refractivity contribution in [2.45, 2.75) is 26.7 Å². The third kappa shape index (κ3) is 4.42. The highest BCUT2D eigenvalue weighted by Crippen LogP contribution is 2.24. The number of methoxy groups -OCH3 is 1. The molecule has 0 fully saturated rings. The SMILES string of the molecule is CCCN(CCC)c1ccc(C(=O)O)c(C(=O)c2ccc(OC)cc2)c1. The number of ether oxygens (including phenoxy) is 1. The minimum absolute atomic E-state index is 0.0162. The molecular formula is C21H25NO4. The maximum Gasteiger partial charge on any atom is 0.336 e. The van der Waals surface area contributed by atoms with Gasteiger partial charge in [-0.1, -0.05) is 13.8 Å². The first-order valence-electron chi connectivity index (χ1n) is 8.82. The summed E-state index contributed by atoms with van der Waals surface area (Å²) >= 11 is 0. The second-order valence-electron chi connectivity index (χ2n) is 6.08. The van der Waals surface area contributed by atoms with Crippen LogP contribution in [0.3, 0.4) is 0 Å². The molecule has 5 nitrogen and oxygen atoms in total. The molecular weight excluding hydrogens is 330 g/mol. The molecule has 0 aliphatic carbocycles. The number of nitrogens with zero attached hydrogens (tertiary/aromatic N) is 1. The minimum atomic E-state index is -1.11. The lowest BCUT2D eigenvalue weighted by atomic mass is 9.97. The molecule has 0 spiro atoms. The number of benzene rings is 2. The first-order valence-corrected chi connectivity index (χ1v) is 8.82. The molecule has 26 heavy (non-hydrogen) atoms. The standard InChI is InChI=1S/C21H25NO4/c1-4-12-22(13-5-2)16-8-11-18(21(24)25)19(14-16)20(23)15-6-9-17(26-3)10-7-15/h6-11,14H,4-5,12-13H2,1-3H3,(H,24,25). The number of anilines is 1. The molecule has 0 amide bonds. The predicted octanol–water partition coefficient (Wildman–Crippen LogP) is 4.25. The molecule has 0 unspecified atom stereocenters. The third-order valence-corrected chi connectivity index (χ3v) is 4.18. The van der Waals surface area contributed by atoms with Crippen LogP contribution in [0.2, 0.25) is 0 Å². The minimum Gasteiger partial charge on any atom is -0.497 e. The Morgan fingerprint density at radius 1 is 0.962 bits per heavy atom. The molecule has 0 atom stereocenters. The van der Waals surface area contributed by atoms with E-state index in [4.69, 9.17) is 4.74 Å². The van der Waals surface area contributed by atoms with Gasteiger partial charge in [0.25, 0.3) is 0 Å². The van der Waals surface area contributed by atoms with E-state index in [9.17, 15) is 14.7 Å². The molecule has 0 saturated heterocycles. The van der Waals surface area contributed by atoms with Crippen molar-refractivity contribution in [2.24, 2.45) is 0 Å². The second-order valence-corrected chi connectivity index (χ2v) is 6.08. The van der Waals surface area contributed by atoms with Gasteiger partial charge in [0, 0.05) is 29.9 Å². The molecule has 2 aromatic carbocycles. The summed E-state index contributed by atoms with van der Waals surface area (Å²) < 4.78 is 5.11. The quantitative estimate of drug-likeness (QED) is 0.681. The number of carboxylic acid groups (broad SMARTS) is 1. The fourth-order valence-corrected chi connectivity index (χ4v) is 2.91. The number of ketones is 1. The molecule has 5 heteroatoms. The van der Waals surface area contributed by atoms with Gasteiger partial charge in [-0.25, -0.2) is 4.79 Å². The highest BCUT2D eigenvalue weighted by atomic mass is 16.5. The van der Waals surface area contributed by atoms with E-state index in [0.29, 0.717) is 11.3 Å². The number of hydrogen-bond acceptors (Lipinski definition) is 4. The van der Waals surface area contributed by atoms with Crippen LogP contribution in [0.5, 0.6) is 5.75 Å². The molecule has 0 aliphatic heterocycles.